The van der Waals surface area contributed by atoms with Crippen molar-refractivity contribution in [1.82, 2.24) is 29.4 Å². The first-order valence-corrected chi connectivity index (χ1v) is 14.6. The standard InChI is InChI=1S/C29H20ClF5N8O3S/c1-11-15(10-37-42(11)2)14-8-17(24(31)32)39-28-19(14)21(23(47-28)25(36)44)40-27(45)22-20(30)26-38-16(12-5-4-6-13(7-12)46-3)9-18(29(33,34)35)43(26)41-22/h4-10,24H,1-3H3,(H2,36,44)(H,40,45). The van der Waals surface area contributed by atoms with Crippen molar-refractivity contribution >= 4 is 56.3 Å². The van der Waals surface area contributed by atoms with Crippen molar-refractivity contribution in [3.8, 4) is 28.1 Å². The van der Waals surface area contributed by atoms with Gasteiger partial charge in [-0.25, -0.2) is 23.3 Å². The molecule has 6 aromatic rings. The van der Waals surface area contributed by atoms with Crippen molar-refractivity contribution in [3.63, 3.8) is 0 Å². The zero-order valence-corrected chi connectivity index (χ0v) is 25.9. The number of amides is 2. The highest BCUT2D eigenvalue weighted by Gasteiger charge is 2.37. The zero-order chi connectivity index (χ0) is 33.9. The Morgan fingerprint density at radius 1 is 1.13 bits per heavy atom. The summed E-state index contributed by atoms with van der Waals surface area (Å²) in [5, 5.41) is 10.0. The van der Waals surface area contributed by atoms with E-state index in [1.807, 2.05) is 0 Å². The Morgan fingerprint density at radius 3 is 2.49 bits per heavy atom. The lowest BCUT2D eigenvalue weighted by Gasteiger charge is -2.11. The zero-order valence-electron chi connectivity index (χ0n) is 24.3. The number of halogens is 6. The van der Waals surface area contributed by atoms with Gasteiger partial charge in [-0.05, 0) is 36.8 Å². The number of nitrogens with one attached hydrogen (secondary N) is 1. The number of nitrogens with two attached hydrogens (primary N) is 1. The summed E-state index contributed by atoms with van der Waals surface area (Å²) < 4.78 is 77.6. The second-order valence-corrected chi connectivity index (χ2v) is 11.5. The Hall–Kier alpha value is -5.16. The molecule has 5 heterocycles. The monoisotopic (exact) mass is 690 g/mol. The van der Waals surface area contributed by atoms with Crippen LogP contribution in [0.15, 0.2) is 42.6 Å². The first-order valence-electron chi connectivity index (χ1n) is 13.4. The largest absolute Gasteiger partial charge is 0.497 e. The number of methoxy groups -OCH3 is 1. The van der Waals surface area contributed by atoms with Gasteiger partial charge in [0, 0.05) is 29.3 Å². The van der Waals surface area contributed by atoms with E-state index in [4.69, 9.17) is 22.1 Å². The fourth-order valence-corrected chi connectivity index (χ4v) is 6.20. The van der Waals surface area contributed by atoms with Crippen molar-refractivity contribution in [2.24, 2.45) is 12.8 Å². The van der Waals surface area contributed by atoms with Gasteiger partial charge in [0.2, 0.25) is 0 Å². The molecule has 0 atom stereocenters. The van der Waals surface area contributed by atoms with Crippen molar-refractivity contribution < 1.29 is 36.3 Å². The third kappa shape index (κ3) is 5.50. The van der Waals surface area contributed by atoms with E-state index in [-0.39, 0.29) is 37.6 Å². The van der Waals surface area contributed by atoms with E-state index in [0.717, 1.165) is 12.1 Å². The SMILES string of the molecule is COc1cccc(-c2cc(C(F)(F)F)n3nc(C(=O)Nc4c(C(N)=O)sc5nc(C(F)F)cc(-c6cnn(C)c6C)c45)c(Cl)c3n2)c1. The molecule has 0 fully saturated rings. The molecule has 0 saturated carbocycles. The van der Waals surface area contributed by atoms with E-state index in [2.05, 4.69) is 25.5 Å². The molecule has 47 heavy (non-hydrogen) atoms. The van der Waals surface area contributed by atoms with Crippen LogP contribution in [-0.4, -0.2) is 48.3 Å². The molecule has 18 heteroatoms. The summed E-state index contributed by atoms with van der Waals surface area (Å²) in [5.41, 5.74) is 3.59. The molecule has 1 aromatic carbocycles. The molecule has 0 unspecified atom stereocenters. The van der Waals surface area contributed by atoms with E-state index >= 15 is 0 Å². The summed E-state index contributed by atoms with van der Waals surface area (Å²) in [4.78, 5) is 34.1. The fourth-order valence-electron chi connectivity index (χ4n) is 4.94. The molecular formula is C29H20ClF5N8O3S. The summed E-state index contributed by atoms with van der Waals surface area (Å²) in [7, 11) is 3.02. The number of nitrogens with zero attached hydrogens (tertiary/aromatic N) is 6. The van der Waals surface area contributed by atoms with Gasteiger partial charge in [0.05, 0.1) is 24.7 Å². The number of hydrogen-bond donors (Lipinski definition) is 2. The smallest absolute Gasteiger partial charge is 0.433 e. The number of pyridine rings is 1. The molecule has 11 nitrogen and oxygen atoms in total. The van der Waals surface area contributed by atoms with Crippen molar-refractivity contribution in [2.75, 3.05) is 12.4 Å². The minimum atomic E-state index is -4.95. The third-order valence-electron chi connectivity index (χ3n) is 7.30. The third-order valence-corrected chi connectivity index (χ3v) is 8.74. The summed E-state index contributed by atoms with van der Waals surface area (Å²) in [6, 6.07) is 7.99. The maximum absolute atomic E-state index is 14.3. The summed E-state index contributed by atoms with van der Waals surface area (Å²) in [5.74, 6) is -1.80. The molecule has 5 aromatic heterocycles. The molecule has 0 radical (unpaired) electrons. The van der Waals surface area contributed by atoms with Crippen LogP contribution in [0.25, 0.3) is 38.2 Å². The summed E-state index contributed by atoms with van der Waals surface area (Å²) >= 11 is 7.11. The first kappa shape index (κ1) is 31.8. The number of alkyl halides is 5. The predicted molar refractivity (Wildman–Crippen MR) is 163 cm³/mol. The van der Waals surface area contributed by atoms with E-state index in [1.54, 1.807) is 26.1 Å². The number of benzene rings is 1. The number of thiophene rings is 1. The maximum atomic E-state index is 14.3. The van der Waals surface area contributed by atoms with Gasteiger partial charge >= 0.3 is 6.18 Å². The summed E-state index contributed by atoms with van der Waals surface area (Å²) in [6.45, 7) is 1.68. The van der Waals surface area contributed by atoms with Gasteiger partial charge in [0.25, 0.3) is 18.2 Å². The van der Waals surface area contributed by atoms with Gasteiger partial charge < -0.3 is 15.8 Å². The van der Waals surface area contributed by atoms with Gasteiger partial charge in [-0.3, -0.25) is 14.3 Å². The number of aromatic nitrogens is 6. The molecule has 6 rings (SSSR count). The van der Waals surface area contributed by atoms with Gasteiger partial charge in [-0.2, -0.15) is 23.4 Å². The first-order chi connectivity index (χ1) is 22.2. The number of fused-ring (bicyclic) bond motifs is 2. The van der Waals surface area contributed by atoms with Gasteiger partial charge in [-0.1, -0.05) is 23.7 Å². The molecule has 0 aliphatic heterocycles. The van der Waals surface area contributed by atoms with Crippen molar-refractivity contribution in [3.05, 3.63) is 75.3 Å². The van der Waals surface area contributed by atoms with Gasteiger partial charge in [0.1, 0.15) is 26.2 Å². The fraction of sp³-hybridized carbons (Fsp3) is 0.172. The van der Waals surface area contributed by atoms with Gasteiger partial charge in [0.15, 0.2) is 17.0 Å². The Bertz CT molecular complexity index is 2240. The van der Waals surface area contributed by atoms with Crippen LogP contribution in [0, 0.1) is 6.92 Å². The Labute approximate surface area is 269 Å². The number of anilines is 1. The number of aryl methyl sites for hydroxylation is 1. The van der Waals surface area contributed by atoms with Crippen LogP contribution < -0.4 is 15.8 Å². The van der Waals surface area contributed by atoms with Crippen LogP contribution in [0.3, 0.4) is 0 Å². The van der Waals surface area contributed by atoms with Crippen LogP contribution in [0.5, 0.6) is 5.75 Å². The molecule has 0 aliphatic rings. The topological polar surface area (TPSA) is 142 Å². The average Bonchev–Trinajstić information content (AvgIpc) is 3.68. The number of ether oxygens (including phenoxy) is 1. The lowest BCUT2D eigenvalue weighted by atomic mass is 10.0. The number of primary amides is 1. The molecule has 0 spiro atoms. The number of hydrogen-bond acceptors (Lipinski definition) is 8. The Kier molecular flexibility index (Phi) is 7.83. The molecular weight excluding hydrogens is 671 g/mol. The molecule has 0 bridgehead atoms. The number of carbonyl (C=O) groups excluding carboxylic acids is 2. The van der Waals surface area contributed by atoms with Crippen LogP contribution in [0.1, 0.15) is 43.7 Å². The predicted octanol–water partition coefficient (Wildman–Crippen LogP) is 6.68. The van der Waals surface area contributed by atoms with Gasteiger partial charge in [-0.15, -0.1) is 11.3 Å². The highest BCUT2D eigenvalue weighted by Crippen LogP contribution is 2.44. The minimum Gasteiger partial charge on any atom is -0.497 e. The average molecular weight is 691 g/mol. The Morgan fingerprint density at radius 2 is 1.87 bits per heavy atom. The number of rotatable bonds is 7. The molecule has 0 saturated heterocycles. The van der Waals surface area contributed by atoms with Crippen LogP contribution >= 0.6 is 22.9 Å². The molecule has 2 amide bonds. The van der Waals surface area contributed by atoms with E-state index in [9.17, 15) is 31.5 Å². The lowest BCUT2D eigenvalue weighted by molar-refractivity contribution is -0.142. The second-order valence-electron chi connectivity index (χ2n) is 10.1. The normalized spacial score (nSPS) is 12.0. The van der Waals surface area contributed by atoms with E-state index < -0.39 is 52.2 Å². The molecule has 242 valence electrons. The van der Waals surface area contributed by atoms with E-state index in [1.165, 1.54) is 30.1 Å². The van der Waals surface area contributed by atoms with E-state index in [0.29, 0.717) is 32.9 Å². The second kappa shape index (κ2) is 11.6. The minimum absolute atomic E-state index is 0.0600. The Balaban J connectivity index is 1.53. The molecule has 0 aliphatic carbocycles. The maximum Gasteiger partial charge on any atom is 0.433 e. The highest BCUT2D eigenvalue weighted by atomic mass is 35.5. The van der Waals surface area contributed by atoms with Crippen LogP contribution in [-0.2, 0) is 13.2 Å². The van der Waals surface area contributed by atoms with Crippen LogP contribution in [0.4, 0.5) is 27.6 Å². The van der Waals surface area contributed by atoms with Crippen LogP contribution in [0.2, 0.25) is 5.02 Å². The highest BCUT2D eigenvalue weighted by molar-refractivity contribution is 7.21. The van der Waals surface area contributed by atoms with Crippen molar-refractivity contribution in [1.29, 1.82) is 0 Å². The quantitative estimate of drug-likeness (QED) is 0.178. The van der Waals surface area contributed by atoms with Crippen molar-refractivity contribution in [2.45, 2.75) is 19.5 Å². The molecule has 3 N–H and O–H groups in total. The summed E-state index contributed by atoms with van der Waals surface area (Å²) in [6.07, 6.45) is -6.53. The lowest BCUT2D eigenvalue weighted by Crippen LogP contribution is -2.18. The number of carbonyl (C=O) groups is 2.